The monoisotopic (exact) mass is 265 g/mol. The number of hydrogen-bond donors (Lipinski definition) is 2. The van der Waals surface area contributed by atoms with E-state index in [9.17, 15) is 5.11 Å². The van der Waals surface area contributed by atoms with E-state index in [1.807, 2.05) is 54.4 Å². The van der Waals surface area contributed by atoms with Gasteiger partial charge in [0.2, 0.25) is 0 Å². The van der Waals surface area contributed by atoms with Gasteiger partial charge in [0.05, 0.1) is 25.4 Å². The number of likely N-dealkylation sites (N-methyl/N-ethyl adjacent to an activating group) is 1. The Morgan fingerprint density at radius 2 is 2.00 bits per heavy atom. The van der Waals surface area contributed by atoms with Gasteiger partial charge in [-0.25, -0.2) is 0 Å². The number of benzene rings is 1. The van der Waals surface area contributed by atoms with Crippen LogP contribution in [0.4, 0.5) is 0 Å². The van der Waals surface area contributed by atoms with Crippen LogP contribution in [-0.4, -0.2) is 54.6 Å². The Morgan fingerprint density at radius 1 is 1.32 bits per heavy atom. The molecule has 0 saturated carbocycles. The van der Waals surface area contributed by atoms with Crippen LogP contribution in [0.5, 0.6) is 0 Å². The number of aliphatic hydroxyl groups excluding tert-OH is 2. The molecule has 0 aliphatic rings. The number of nitrogens with zero attached hydrogens (tertiary/aromatic N) is 1. The molecule has 0 aromatic heterocycles. The third-order valence-corrected chi connectivity index (χ3v) is 2.96. The number of methoxy groups -OCH3 is 1. The van der Waals surface area contributed by atoms with Gasteiger partial charge in [0.25, 0.3) is 0 Å². The number of hydrogen-bond acceptors (Lipinski definition) is 4. The summed E-state index contributed by atoms with van der Waals surface area (Å²) >= 11 is 0. The lowest BCUT2D eigenvalue weighted by Crippen LogP contribution is -2.41. The van der Waals surface area contributed by atoms with Crippen LogP contribution in [0, 0.1) is 0 Å². The topological polar surface area (TPSA) is 52.9 Å². The van der Waals surface area contributed by atoms with Gasteiger partial charge >= 0.3 is 0 Å². The first-order valence-corrected chi connectivity index (χ1v) is 6.37. The van der Waals surface area contributed by atoms with Crippen molar-refractivity contribution in [1.29, 1.82) is 0 Å². The normalized spacial score (nSPS) is 15.0. The van der Waals surface area contributed by atoms with Gasteiger partial charge in [-0.15, -0.1) is 0 Å². The highest BCUT2D eigenvalue weighted by Gasteiger charge is 2.20. The van der Waals surface area contributed by atoms with E-state index in [4.69, 9.17) is 9.84 Å². The van der Waals surface area contributed by atoms with Gasteiger partial charge in [-0.3, -0.25) is 4.90 Å². The van der Waals surface area contributed by atoms with E-state index in [2.05, 4.69) is 0 Å². The zero-order valence-corrected chi connectivity index (χ0v) is 11.6. The summed E-state index contributed by atoms with van der Waals surface area (Å²) in [5.41, 5.74) is 1.17. The van der Waals surface area contributed by atoms with Crippen LogP contribution < -0.4 is 0 Å². The number of rotatable bonds is 8. The molecule has 0 amide bonds. The summed E-state index contributed by atoms with van der Waals surface area (Å²) in [6.07, 6.45) is 2.92. The summed E-state index contributed by atoms with van der Waals surface area (Å²) in [5.74, 6) is 0. The van der Waals surface area contributed by atoms with Crippen LogP contribution in [0.25, 0.3) is 0 Å². The Hall–Kier alpha value is -1.20. The van der Waals surface area contributed by atoms with Crippen molar-refractivity contribution in [3.8, 4) is 0 Å². The van der Waals surface area contributed by atoms with Crippen molar-refractivity contribution < 1.29 is 14.9 Å². The molecule has 0 heterocycles. The minimum Gasteiger partial charge on any atom is -0.394 e. The lowest BCUT2D eigenvalue weighted by atomic mass is 10.1. The SMILES string of the molecule is COC/C=C/C(C(O)CO)N(C)Cc1ccccc1. The van der Waals surface area contributed by atoms with Crippen LogP contribution in [0.15, 0.2) is 42.5 Å². The average Bonchev–Trinajstić information content (AvgIpc) is 2.44. The van der Waals surface area contributed by atoms with Crippen molar-refractivity contribution in [2.45, 2.75) is 18.7 Å². The molecule has 2 atom stereocenters. The lowest BCUT2D eigenvalue weighted by molar-refractivity contribution is 0.0360. The second kappa shape index (κ2) is 8.82. The molecular formula is C15H23NO3. The lowest BCUT2D eigenvalue weighted by Gasteiger charge is -2.28. The first-order chi connectivity index (χ1) is 9.19. The predicted octanol–water partition coefficient (Wildman–Crippen LogP) is 1.04. The van der Waals surface area contributed by atoms with E-state index in [0.717, 1.165) is 0 Å². The minimum absolute atomic E-state index is 0.236. The summed E-state index contributed by atoms with van der Waals surface area (Å²) in [7, 11) is 3.54. The molecule has 0 saturated heterocycles. The molecule has 1 rings (SSSR count). The number of aliphatic hydroxyl groups is 2. The molecule has 0 fully saturated rings. The molecule has 4 nitrogen and oxygen atoms in total. The molecule has 0 radical (unpaired) electrons. The summed E-state index contributed by atoms with van der Waals surface area (Å²) < 4.78 is 4.95. The smallest absolute Gasteiger partial charge is 0.0961 e. The minimum atomic E-state index is -0.804. The molecule has 0 aliphatic heterocycles. The molecule has 0 bridgehead atoms. The second-order valence-electron chi connectivity index (χ2n) is 4.52. The van der Waals surface area contributed by atoms with Gasteiger partial charge in [0.15, 0.2) is 0 Å². The van der Waals surface area contributed by atoms with Crippen molar-refractivity contribution in [2.75, 3.05) is 27.4 Å². The van der Waals surface area contributed by atoms with E-state index in [0.29, 0.717) is 13.2 Å². The maximum atomic E-state index is 9.88. The summed E-state index contributed by atoms with van der Waals surface area (Å²) in [4.78, 5) is 2.00. The van der Waals surface area contributed by atoms with E-state index in [1.54, 1.807) is 7.11 Å². The molecule has 19 heavy (non-hydrogen) atoms. The molecule has 4 heteroatoms. The molecule has 2 N–H and O–H groups in total. The van der Waals surface area contributed by atoms with Gasteiger partial charge in [0.1, 0.15) is 0 Å². The molecule has 2 unspecified atom stereocenters. The molecule has 0 aliphatic carbocycles. The van der Waals surface area contributed by atoms with Crippen LogP contribution in [0.1, 0.15) is 5.56 Å². The van der Waals surface area contributed by atoms with Crippen molar-refractivity contribution in [3.05, 3.63) is 48.0 Å². The summed E-state index contributed by atoms with van der Waals surface area (Å²) in [5, 5.41) is 19.0. The van der Waals surface area contributed by atoms with Crippen molar-refractivity contribution >= 4 is 0 Å². The Bertz CT molecular complexity index is 367. The van der Waals surface area contributed by atoms with Gasteiger partial charge in [-0.1, -0.05) is 42.5 Å². The average molecular weight is 265 g/mol. The number of ether oxygens (including phenoxy) is 1. The van der Waals surface area contributed by atoms with Crippen molar-refractivity contribution in [2.24, 2.45) is 0 Å². The maximum absolute atomic E-state index is 9.88. The van der Waals surface area contributed by atoms with Gasteiger partial charge in [-0.05, 0) is 12.6 Å². The van der Waals surface area contributed by atoms with Crippen LogP contribution in [0.3, 0.4) is 0 Å². The predicted molar refractivity (Wildman–Crippen MR) is 75.8 cm³/mol. The summed E-state index contributed by atoms with van der Waals surface area (Å²) in [6.45, 7) is 0.939. The van der Waals surface area contributed by atoms with Crippen LogP contribution >= 0.6 is 0 Å². The van der Waals surface area contributed by atoms with Gasteiger partial charge < -0.3 is 14.9 Å². The second-order valence-corrected chi connectivity index (χ2v) is 4.52. The third-order valence-electron chi connectivity index (χ3n) is 2.96. The molecule has 1 aromatic rings. The van der Waals surface area contributed by atoms with Crippen molar-refractivity contribution in [3.63, 3.8) is 0 Å². The zero-order chi connectivity index (χ0) is 14.1. The highest BCUT2D eigenvalue weighted by molar-refractivity contribution is 5.15. The van der Waals surface area contributed by atoms with E-state index in [-0.39, 0.29) is 12.6 Å². The fourth-order valence-electron chi connectivity index (χ4n) is 1.94. The quantitative estimate of drug-likeness (QED) is 0.690. The standard InChI is InChI=1S/C15H23NO3/c1-16(11-13-7-4-3-5-8-13)14(15(18)12-17)9-6-10-19-2/h3-9,14-15,17-18H,10-12H2,1-2H3/b9-6+. The Balaban J connectivity index is 2.68. The fraction of sp³-hybridized carbons (Fsp3) is 0.467. The van der Waals surface area contributed by atoms with E-state index in [1.165, 1.54) is 5.56 Å². The highest BCUT2D eigenvalue weighted by Crippen LogP contribution is 2.10. The largest absolute Gasteiger partial charge is 0.394 e. The van der Waals surface area contributed by atoms with Crippen molar-refractivity contribution in [1.82, 2.24) is 4.90 Å². The molecular weight excluding hydrogens is 242 g/mol. The zero-order valence-electron chi connectivity index (χ0n) is 11.6. The highest BCUT2D eigenvalue weighted by atomic mass is 16.5. The van der Waals surface area contributed by atoms with Crippen LogP contribution in [0.2, 0.25) is 0 Å². The molecule has 0 spiro atoms. The van der Waals surface area contributed by atoms with Crippen LogP contribution in [-0.2, 0) is 11.3 Å². The Labute approximate surface area is 114 Å². The maximum Gasteiger partial charge on any atom is 0.0961 e. The van der Waals surface area contributed by atoms with E-state index >= 15 is 0 Å². The van der Waals surface area contributed by atoms with E-state index < -0.39 is 6.10 Å². The Kier molecular flexibility index (Phi) is 7.36. The third kappa shape index (κ3) is 5.53. The van der Waals surface area contributed by atoms with Gasteiger partial charge in [0, 0.05) is 13.7 Å². The van der Waals surface area contributed by atoms with Gasteiger partial charge in [-0.2, -0.15) is 0 Å². The first kappa shape index (κ1) is 15.9. The fourth-order valence-corrected chi connectivity index (χ4v) is 1.94. The molecule has 106 valence electrons. The Morgan fingerprint density at radius 3 is 2.58 bits per heavy atom. The summed E-state index contributed by atoms with van der Waals surface area (Å²) in [6, 6.07) is 9.79. The first-order valence-electron chi connectivity index (χ1n) is 6.37. The molecule has 1 aromatic carbocycles.